The van der Waals surface area contributed by atoms with Gasteiger partial charge in [-0.15, -0.1) is 11.8 Å². The highest BCUT2D eigenvalue weighted by Crippen LogP contribution is 2.58. The van der Waals surface area contributed by atoms with Crippen LogP contribution in [0.2, 0.25) is 0 Å². The summed E-state index contributed by atoms with van der Waals surface area (Å²) >= 11 is 1.62. The summed E-state index contributed by atoms with van der Waals surface area (Å²) in [4.78, 5) is 1.14. The topological polar surface area (TPSA) is 29.5 Å². The van der Waals surface area contributed by atoms with Crippen LogP contribution in [0.1, 0.15) is 27.2 Å². The Bertz CT molecular complexity index is 452. The van der Waals surface area contributed by atoms with Crippen LogP contribution in [0, 0.1) is 0 Å². The second-order valence-corrected chi connectivity index (χ2v) is 8.98. The third-order valence-electron chi connectivity index (χ3n) is 3.23. The van der Waals surface area contributed by atoms with Gasteiger partial charge < -0.3 is 4.52 Å². The van der Waals surface area contributed by atoms with Crippen molar-refractivity contribution in [3.05, 3.63) is 30.3 Å². The van der Waals surface area contributed by atoms with E-state index in [0.717, 1.165) is 17.9 Å². The molecular formula is C14H22NO2PS. The molecule has 19 heavy (non-hydrogen) atoms. The van der Waals surface area contributed by atoms with E-state index in [-0.39, 0.29) is 12.1 Å². The van der Waals surface area contributed by atoms with E-state index >= 15 is 0 Å². The molecule has 0 unspecified atom stereocenters. The quantitative estimate of drug-likeness (QED) is 0.607. The Balaban J connectivity index is 2.07. The molecule has 0 saturated carbocycles. The van der Waals surface area contributed by atoms with Gasteiger partial charge in [0.15, 0.2) is 0 Å². The minimum absolute atomic E-state index is 0.0946. The highest BCUT2D eigenvalue weighted by Gasteiger charge is 2.39. The molecule has 1 aromatic rings. The summed E-state index contributed by atoms with van der Waals surface area (Å²) in [5.41, 5.74) is 0.527. The van der Waals surface area contributed by atoms with Crippen LogP contribution >= 0.6 is 19.3 Å². The van der Waals surface area contributed by atoms with Gasteiger partial charge >= 0.3 is 0 Å². The van der Waals surface area contributed by atoms with Gasteiger partial charge in [-0.05, 0) is 39.3 Å². The standard InChI is InChI=1S/C14H22NO2PS/c1-12(2)15-10-9-13(3)17-18(15,16)11-19-14-7-5-4-6-8-14/h4-8,12-13H,9-11H2,1-3H3/t13-,18+/m0/s1. The van der Waals surface area contributed by atoms with Gasteiger partial charge in [0.2, 0.25) is 0 Å². The molecule has 5 heteroatoms. The first kappa shape index (κ1) is 15.1. The second-order valence-electron chi connectivity index (χ2n) is 5.19. The van der Waals surface area contributed by atoms with Crippen LogP contribution in [-0.4, -0.2) is 28.9 Å². The summed E-state index contributed by atoms with van der Waals surface area (Å²) in [6.45, 7) is 7.04. The minimum Gasteiger partial charge on any atom is -0.314 e. The van der Waals surface area contributed by atoms with Gasteiger partial charge in [0.25, 0.3) is 7.52 Å². The number of hydrogen-bond donors (Lipinski definition) is 0. The third-order valence-corrected chi connectivity index (χ3v) is 7.80. The molecule has 0 aliphatic carbocycles. The fourth-order valence-electron chi connectivity index (χ4n) is 2.25. The zero-order chi connectivity index (χ0) is 13.9. The molecule has 1 aromatic carbocycles. The molecule has 0 amide bonds. The fraction of sp³-hybridized carbons (Fsp3) is 0.571. The molecule has 0 radical (unpaired) electrons. The molecule has 0 spiro atoms. The molecular weight excluding hydrogens is 277 g/mol. The number of benzene rings is 1. The van der Waals surface area contributed by atoms with Gasteiger partial charge in [0.05, 0.1) is 11.6 Å². The van der Waals surface area contributed by atoms with Crippen molar-refractivity contribution in [2.24, 2.45) is 0 Å². The van der Waals surface area contributed by atoms with Gasteiger partial charge in [-0.25, -0.2) is 4.67 Å². The molecule has 1 saturated heterocycles. The Morgan fingerprint density at radius 1 is 1.42 bits per heavy atom. The molecule has 1 aliphatic rings. The first-order valence-electron chi connectivity index (χ1n) is 6.74. The van der Waals surface area contributed by atoms with Gasteiger partial charge in [-0.2, -0.15) is 0 Å². The molecule has 0 N–H and O–H groups in total. The Morgan fingerprint density at radius 2 is 2.11 bits per heavy atom. The highest BCUT2D eigenvalue weighted by molar-refractivity contribution is 8.04. The van der Waals surface area contributed by atoms with Crippen LogP contribution in [0.5, 0.6) is 0 Å². The van der Waals surface area contributed by atoms with Crippen LogP contribution in [0.3, 0.4) is 0 Å². The van der Waals surface area contributed by atoms with E-state index in [2.05, 4.69) is 13.8 Å². The van der Waals surface area contributed by atoms with Gasteiger partial charge in [0, 0.05) is 17.5 Å². The van der Waals surface area contributed by atoms with Crippen molar-refractivity contribution < 1.29 is 9.09 Å². The maximum absolute atomic E-state index is 13.1. The monoisotopic (exact) mass is 299 g/mol. The summed E-state index contributed by atoms with van der Waals surface area (Å²) < 4.78 is 20.9. The molecule has 2 atom stereocenters. The minimum atomic E-state index is -2.71. The zero-order valence-corrected chi connectivity index (χ0v) is 13.5. The van der Waals surface area contributed by atoms with Crippen molar-refractivity contribution in [2.45, 2.75) is 44.2 Å². The van der Waals surface area contributed by atoms with Crippen molar-refractivity contribution in [3.63, 3.8) is 0 Å². The lowest BCUT2D eigenvalue weighted by Crippen LogP contribution is -2.37. The van der Waals surface area contributed by atoms with Gasteiger partial charge in [-0.3, -0.25) is 4.57 Å². The first-order chi connectivity index (χ1) is 9.01. The van der Waals surface area contributed by atoms with E-state index in [1.165, 1.54) is 0 Å². The van der Waals surface area contributed by atoms with Crippen molar-refractivity contribution >= 4 is 19.3 Å². The molecule has 3 nitrogen and oxygen atoms in total. The van der Waals surface area contributed by atoms with Gasteiger partial charge in [0.1, 0.15) is 0 Å². The summed E-state index contributed by atoms with van der Waals surface area (Å²) in [5.74, 6) is 0. The second kappa shape index (κ2) is 6.45. The van der Waals surface area contributed by atoms with E-state index < -0.39 is 7.52 Å². The Labute approximate surface area is 120 Å². The number of rotatable bonds is 4. The number of nitrogens with zero attached hydrogens (tertiary/aromatic N) is 1. The lowest BCUT2D eigenvalue weighted by molar-refractivity contribution is 0.130. The van der Waals surface area contributed by atoms with Crippen molar-refractivity contribution in [1.29, 1.82) is 0 Å². The maximum Gasteiger partial charge on any atom is 0.282 e. The molecule has 1 aliphatic heterocycles. The largest absolute Gasteiger partial charge is 0.314 e. The van der Waals surface area contributed by atoms with E-state index in [1.54, 1.807) is 11.8 Å². The summed E-state index contributed by atoms with van der Waals surface area (Å²) in [6, 6.07) is 10.3. The lowest BCUT2D eigenvalue weighted by atomic mass is 10.2. The van der Waals surface area contributed by atoms with Crippen LogP contribution in [0.15, 0.2) is 35.2 Å². The smallest absolute Gasteiger partial charge is 0.282 e. The van der Waals surface area contributed by atoms with E-state index in [1.807, 2.05) is 41.9 Å². The van der Waals surface area contributed by atoms with Crippen molar-refractivity contribution in [3.8, 4) is 0 Å². The maximum atomic E-state index is 13.1. The zero-order valence-electron chi connectivity index (χ0n) is 11.8. The average molecular weight is 299 g/mol. The summed E-state index contributed by atoms with van der Waals surface area (Å²) in [6.07, 6.45) is 1.05. The van der Waals surface area contributed by atoms with E-state index in [9.17, 15) is 4.57 Å². The van der Waals surface area contributed by atoms with Gasteiger partial charge in [-0.1, -0.05) is 18.2 Å². The Morgan fingerprint density at radius 3 is 2.74 bits per heavy atom. The van der Waals surface area contributed by atoms with Crippen LogP contribution < -0.4 is 0 Å². The van der Waals surface area contributed by atoms with Crippen LogP contribution in [0.4, 0.5) is 0 Å². The Kier molecular flexibility index (Phi) is 5.13. The lowest BCUT2D eigenvalue weighted by Gasteiger charge is -2.40. The van der Waals surface area contributed by atoms with E-state index in [0.29, 0.717) is 5.49 Å². The van der Waals surface area contributed by atoms with E-state index in [4.69, 9.17) is 4.52 Å². The SMILES string of the molecule is CC(C)N1CC[C@H](C)O[P@]1(=O)CSc1ccccc1. The highest BCUT2D eigenvalue weighted by atomic mass is 32.2. The number of hydrogen-bond acceptors (Lipinski definition) is 3. The molecule has 2 rings (SSSR count). The van der Waals surface area contributed by atoms with Crippen LogP contribution in [-0.2, 0) is 9.09 Å². The molecule has 0 bridgehead atoms. The number of thioether (sulfide) groups is 1. The fourth-order valence-corrected chi connectivity index (χ4v) is 6.60. The third kappa shape index (κ3) is 3.85. The van der Waals surface area contributed by atoms with Crippen molar-refractivity contribution in [2.75, 3.05) is 12.0 Å². The summed E-state index contributed by atoms with van der Waals surface area (Å²) in [5, 5.41) is 0. The Hall–Kier alpha value is -0.280. The molecule has 1 fully saturated rings. The molecule has 1 heterocycles. The molecule has 106 valence electrons. The predicted octanol–water partition coefficient (Wildman–Crippen LogP) is 4.45. The average Bonchev–Trinajstić information content (AvgIpc) is 2.37. The molecule has 0 aromatic heterocycles. The first-order valence-corrected chi connectivity index (χ1v) is 9.48. The van der Waals surface area contributed by atoms with Crippen LogP contribution in [0.25, 0.3) is 0 Å². The summed E-state index contributed by atoms with van der Waals surface area (Å²) in [7, 11) is -2.71. The van der Waals surface area contributed by atoms with Crippen molar-refractivity contribution in [1.82, 2.24) is 4.67 Å². The predicted molar refractivity (Wildman–Crippen MR) is 81.8 cm³/mol. The normalized spacial score (nSPS) is 28.7.